The molecule has 1 aliphatic heterocycles. The van der Waals surface area contributed by atoms with Gasteiger partial charge in [-0.15, -0.1) is 10.2 Å². The van der Waals surface area contributed by atoms with Crippen LogP contribution in [0.2, 0.25) is 0 Å². The zero-order chi connectivity index (χ0) is 24.4. The highest BCUT2D eigenvalue weighted by Gasteiger charge is 2.34. The Hall–Kier alpha value is -3.66. The highest BCUT2D eigenvalue weighted by molar-refractivity contribution is 7.15. The van der Waals surface area contributed by atoms with E-state index in [1.807, 2.05) is 26.0 Å². The molecular weight excluding hydrogens is 456 g/mol. The lowest BCUT2D eigenvalue weighted by atomic mass is 10.1. The number of rotatable bonds is 7. The van der Waals surface area contributed by atoms with Crippen LogP contribution in [0.1, 0.15) is 38.8 Å². The van der Waals surface area contributed by atoms with Crippen LogP contribution in [0.3, 0.4) is 0 Å². The molecule has 3 aromatic rings. The molecule has 0 radical (unpaired) electrons. The number of anilines is 2. The van der Waals surface area contributed by atoms with Gasteiger partial charge in [0.1, 0.15) is 5.01 Å². The molecule has 1 N–H and O–H groups in total. The van der Waals surface area contributed by atoms with Crippen LogP contribution in [0, 0.1) is 13.8 Å². The third-order valence-corrected chi connectivity index (χ3v) is 6.58. The second-order valence-electron chi connectivity index (χ2n) is 8.06. The normalized spacial score (nSPS) is 15.4. The maximum absolute atomic E-state index is 12.8. The first-order chi connectivity index (χ1) is 16.3. The molecule has 0 aliphatic carbocycles. The largest absolute Gasteiger partial charge is 0.493 e. The van der Waals surface area contributed by atoms with Crippen molar-refractivity contribution >= 4 is 34.0 Å². The zero-order valence-corrected chi connectivity index (χ0v) is 20.5. The van der Waals surface area contributed by atoms with Crippen molar-refractivity contribution in [2.45, 2.75) is 26.2 Å². The summed E-state index contributed by atoms with van der Waals surface area (Å²) in [6.07, 6.45) is 0.350. The van der Waals surface area contributed by atoms with Crippen molar-refractivity contribution in [3.05, 3.63) is 52.0 Å². The number of aryl methyl sites for hydroxylation is 2. The Bertz CT molecular complexity index is 1200. The van der Waals surface area contributed by atoms with Crippen LogP contribution in [0.5, 0.6) is 17.2 Å². The van der Waals surface area contributed by atoms with Gasteiger partial charge in [0.15, 0.2) is 11.5 Å². The number of nitrogens with one attached hydrogen (secondary N) is 1. The summed E-state index contributed by atoms with van der Waals surface area (Å²) in [5.41, 5.74) is 3.44. The Morgan fingerprint density at radius 3 is 2.24 bits per heavy atom. The van der Waals surface area contributed by atoms with E-state index in [0.29, 0.717) is 45.9 Å². The number of hydrogen-bond acceptors (Lipinski definition) is 8. The minimum Gasteiger partial charge on any atom is -0.493 e. The fourth-order valence-electron chi connectivity index (χ4n) is 4.06. The van der Waals surface area contributed by atoms with Crippen molar-refractivity contribution in [2.24, 2.45) is 0 Å². The SMILES string of the molecule is COc1cc(C(=O)Nc2nnc([C@@H]3CC(=O)N(c4cc(C)cc(C)c4)C3)s2)cc(OC)c1OC. The smallest absolute Gasteiger partial charge is 0.257 e. The number of hydrogen-bond donors (Lipinski definition) is 1. The van der Waals surface area contributed by atoms with Crippen molar-refractivity contribution in [3.8, 4) is 17.2 Å². The van der Waals surface area contributed by atoms with Crippen LogP contribution in [-0.4, -0.2) is 49.9 Å². The summed E-state index contributed by atoms with van der Waals surface area (Å²) in [5.74, 6) is 0.730. The lowest BCUT2D eigenvalue weighted by molar-refractivity contribution is -0.117. The molecule has 2 aromatic carbocycles. The molecule has 1 atom stereocenters. The molecule has 0 saturated carbocycles. The van der Waals surface area contributed by atoms with Crippen molar-refractivity contribution < 1.29 is 23.8 Å². The molecule has 0 spiro atoms. The molecule has 34 heavy (non-hydrogen) atoms. The number of nitrogens with zero attached hydrogens (tertiary/aromatic N) is 3. The van der Waals surface area contributed by atoms with Crippen molar-refractivity contribution in [3.63, 3.8) is 0 Å². The third kappa shape index (κ3) is 4.67. The van der Waals surface area contributed by atoms with Gasteiger partial charge in [0.2, 0.25) is 16.8 Å². The molecule has 9 nitrogen and oxygen atoms in total. The van der Waals surface area contributed by atoms with Crippen LogP contribution in [-0.2, 0) is 4.79 Å². The molecule has 10 heteroatoms. The lowest BCUT2D eigenvalue weighted by Gasteiger charge is -2.17. The maximum Gasteiger partial charge on any atom is 0.257 e. The molecule has 1 fully saturated rings. The summed E-state index contributed by atoms with van der Waals surface area (Å²) in [6.45, 7) is 4.56. The van der Waals surface area contributed by atoms with E-state index in [0.717, 1.165) is 16.8 Å². The number of benzene rings is 2. The number of ether oxygens (including phenoxy) is 3. The van der Waals surface area contributed by atoms with Crippen molar-refractivity contribution in [1.29, 1.82) is 0 Å². The average Bonchev–Trinajstić information content (AvgIpc) is 3.43. The van der Waals surface area contributed by atoms with Crippen LogP contribution in [0.15, 0.2) is 30.3 Å². The molecule has 1 aromatic heterocycles. The van der Waals surface area contributed by atoms with Crippen LogP contribution in [0.4, 0.5) is 10.8 Å². The topological polar surface area (TPSA) is 103 Å². The maximum atomic E-state index is 12.8. The van der Waals surface area contributed by atoms with Gasteiger partial charge in [-0.3, -0.25) is 14.9 Å². The van der Waals surface area contributed by atoms with E-state index in [4.69, 9.17) is 14.2 Å². The fourth-order valence-corrected chi connectivity index (χ4v) is 4.89. The first-order valence-electron chi connectivity index (χ1n) is 10.7. The number of aromatic nitrogens is 2. The van der Waals surface area contributed by atoms with E-state index >= 15 is 0 Å². The number of carbonyl (C=O) groups is 2. The van der Waals surface area contributed by atoms with E-state index in [-0.39, 0.29) is 17.7 Å². The van der Waals surface area contributed by atoms with E-state index in [1.165, 1.54) is 32.7 Å². The number of carbonyl (C=O) groups excluding carboxylic acids is 2. The molecule has 0 bridgehead atoms. The van der Waals surface area contributed by atoms with Gasteiger partial charge in [-0.25, -0.2) is 0 Å². The Balaban J connectivity index is 1.49. The van der Waals surface area contributed by atoms with Gasteiger partial charge in [-0.1, -0.05) is 17.4 Å². The monoisotopic (exact) mass is 482 g/mol. The predicted octanol–water partition coefficient (Wildman–Crippen LogP) is 3.95. The van der Waals surface area contributed by atoms with Gasteiger partial charge in [0, 0.05) is 30.1 Å². The third-order valence-electron chi connectivity index (χ3n) is 5.58. The van der Waals surface area contributed by atoms with Gasteiger partial charge in [0.25, 0.3) is 5.91 Å². The zero-order valence-electron chi connectivity index (χ0n) is 19.7. The fraction of sp³-hybridized carbons (Fsp3) is 0.333. The molecule has 178 valence electrons. The standard InChI is InChI=1S/C24H26N4O5S/c1-13-6-14(2)8-17(7-13)28-12-16(11-20(28)29)23-26-27-24(34-23)25-22(30)15-9-18(31-3)21(33-5)19(10-15)32-4/h6-10,16H,11-12H2,1-5H3,(H,25,27,30)/t16-/m1/s1. The lowest BCUT2D eigenvalue weighted by Crippen LogP contribution is -2.24. The Morgan fingerprint density at radius 2 is 1.65 bits per heavy atom. The molecular formula is C24H26N4O5S. The summed E-state index contributed by atoms with van der Waals surface area (Å²) in [7, 11) is 4.47. The van der Waals surface area contributed by atoms with Gasteiger partial charge >= 0.3 is 0 Å². The molecule has 1 saturated heterocycles. The minimum absolute atomic E-state index is 0.0493. The van der Waals surface area contributed by atoms with E-state index in [2.05, 4.69) is 21.6 Å². The van der Waals surface area contributed by atoms with Crippen LogP contribution >= 0.6 is 11.3 Å². The minimum atomic E-state index is -0.388. The number of methoxy groups -OCH3 is 3. The second kappa shape index (κ2) is 9.68. The highest BCUT2D eigenvalue weighted by atomic mass is 32.1. The summed E-state index contributed by atoms with van der Waals surface area (Å²) in [5, 5.41) is 12.2. The summed E-state index contributed by atoms with van der Waals surface area (Å²) in [6, 6.07) is 9.23. The van der Waals surface area contributed by atoms with Crippen LogP contribution < -0.4 is 24.4 Å². The molecule has 2 heterocycles. The van der Waals surface area contributed by atoms with Gasteiger partial charge < -0.3 is 19.1 Å². The van der Waals surface area contributed by atoms with Crippen LogP contribution in [0.25, 0.3) is 0 Å². The first kappa shape index (κ1) is 23.5. The second-order valence-corrected chi connectivity index (χ2v) is 9.07. The summed E-state index contributed by atoms with van der Waals surface area (Å²) in [4.78, 5) is 27.3. The molecule has 4 rings (SSSR count). The predicted molar refractivity (Wildman–Crippen MR) is 130 cm³/mol. The average molecular weight is 483 g/mol. The first-order valence-corrected chi connectivity index (χ1v) is 11.5. The Morgan fingerprint density at radius 1 is 1.00 bits per heavy atom. The van der Waals surface area contributed by atoms with Crippen molar-refractivity contribution in [2.75, 3.05) is 38.1 Å². The number of amides is 2. The van der Waals surface area contributed by atoms with E-state index in [1.54, 1.807) is 17.0 Å². The van der Waals surface area contributed by atoms with Gasteiger partial charge in [-0.05, 0) is 49.2 Å². The van der Waals surface area contributed by atoms with Crippen molar-refractivity contribution in [1.82, 2.24) is 10.2 Å². The summed E-state index contributed by atoms with van der Waals surface area (Å²) < 4.78 is 15.9. The van der Waals surface area contributed by atoms with Gasteiger partial charge in [0.05, 0.1) is 21.3 Å². The van der Waals surface area contributed by atoms with Gasteiger partial charge in [-0.2, -0.15) is 0 Å². The molecule has 2 amide bonds. The molecule has 1 aliphatic rings. The highest BCUT2D eigenvalue weighted by Crippen LogP contribution is 2.39. The Kier molecular flexibility index (Phi) is 6.69. The quantitative estimate of drug-likeness (QED) is 0.544. The summed E-state index contributed by atoms with van der Waals surface area (Å²) >= 11 is 1.27. The Labute approximate surface area is 201 Å². The van der Waals surface area contributed by atoms with E-state index < -0.39 is 0 Å². The molecule has 0 unspecified atom stereocenters. The van der Waals surface area contributed by atoms with E-state index in [9.17, 15) is 9.59 Å².